The molecule has 0 fully saturated rings. The van der Waals surface area contributed by atoms with Gasteiger partial charge in [-0.3, -0.25) is 0 Å². The van der Waals surface area contributed by atoms with E-state index < -0.39 is 7.60 Å². The molecule has 1 aliphatic carbocycles. The highest BCUT2D eigenvalue weighted by Crippen LogP contribution is 2.52. The monoisotopic (exact) mass is 420 g/mol. The Bertz CT molecular complexity index is 796. The number of allylic oxidation sites excluding steroid dienone is 3. The summed E-state index contributed by atoms with van der Waals surface area (Å²) in [5.41, 5.74) is 4.06. The number of benzene rings is 1. The van der Waals surface area contributed by atoms with E-state index in [1.807, 2.05) is 19.1 Å². The number of rotatable bonds is 10. The predicted octanol–water partition coefficient (Wildman–Crippen LogP) is 7.38. The molecule has 4 nitrogen and oxygen atoms in total. The van der Waals surface area contributed by atoms with Crippen LogP contribution in [0.15, 0.2) is 35.9 Å². The van der Waals surface area contributed by atoms with Gasteiger partial charge >= 0.3 is 7.60 Å². The van der Waals surface area contributed by atoms with Gasteiger partial charge in [0.1, 0.15) is 11.5 Å². The highest BCUT2D eigenvalue weighted by molar-refractivity contribution is 7.53. The molecule has 1 aromatic carbocycles. The minimum Gasteiger partial charge on any atom is -0.507 e. The summed E-state index contributed by atoms with van der Waals surface area (Å²) < 4.78 is 24.1. The fourth-order valence-corrected chi connectivity index (χ4v) is 5.18. The highest BCUT2D eigenvalue weighted by Gasteiger charge is 2.32. The van der Waals surface area contributed by atoms with Crippen LogP contribution < -0.4 is 4.52 Å². The normalized spacial score (nSPS) is 21.3. The lowest BCUT2D eigenvalue weighted by Gasteiger charge is -2.32. The molecule has 0 saturated carbocycles. The smallest absolute Gasteiger partial charge is 0.376 e. The van der Waals surface area contributed by atoms with E-state index in [2.05, 4.69) is 26.5 Å². The second-order valence-corrected chi connectivity index (χ2v) is 10.3. The quantitative estimate of drug-likeness (QED) is 0.244. The van der Waals surface area contributed by atoms with E-state index in [1.165, 1.54) is 12.2 Å². The predicted molar refractivity (Wildman–Crippen MR) is 121 cm³/mol. The molecule has 0 aromatic heterocycles. The Morgan fingerprint density at radius 1 is 1.31 bits per heavy atom. The number of hydrogen-bond donors (Lipinski definition) is 1. The van der Waals surface area contributed by atoms with Crippen LogP contribution in [-0.4, -0.2) is 18.4 Å². The van der Waals surface area contributed by atoms with E-state index in [4.69, 9.17) is 9.05 Å². The molecule has 29 heavy (non-hydrogen) atoms. The molecule has 3 unspecified atom stereocenters. The summed E-state index contributed by atoms with van der Waals surface area (Å²) in [5, 5.41) is 11.0. The first-order valence-electron chi connectivity index (χ1n) is 10.8. The van der Waals surface area contributed by atoms with Gasteiger partial charge in [0.25, 0.3) is 0 Å². The lowest BCUT2D eigenvalue weighted by atomic mass is 9.73. The lowest BCUT2D eigenvalue weighted by Crippen LogP contribution is -2.18. The number of hydrogen-bond acceptors (Lipinski definition) is 4. The van der Waals surface area contributed by atoms with E-state index >= 15 is 0 Å². The maximum Gasteiger partial charge on any atom is 0.376 e. The average Bonchev–Trinajstić information content (AvgIpc) is 2.61. The summed E-state index contributed by atoms with van der Waals surface area (Å²) in [6.45, 7) is 14.1. The second-order valence-electron chi connectivity index (χ2n) is 8.29. The standard InChI is InChI=1S/C24H37O4P/c1-7-9-10-11-19-15-22(25)24(23(16-19)28-29(6,26)27-8-2)21-14-18(5)12-13-20(21)17(3)4/h14-16,20-21,25H,3,7-13H2,1-2,4-6H3. The van der Waals surface area contributed by atoms with Crippen molar-refractivity contribution >= 4 is 7.60 Å². The molecule has 1 aliphatic rings. The Hall–Kier alpha value is -1.51. The number of aromatic hydroxyl groups is 1. The third-order valence-electron chi connectivity index (χ3n) is 5.59. The van der Waals surface area contributed by atoms with E-state index in [0.29, 0.717) is 17.9 Å². The van der Waals surface area contributed by atoms with E-state index in [9.17, 15) is 9.67 Å². The SMILES string of the molecule is C=C(C)C1CCC(C)=CC1c1c(O)cc(CCCCC)cc1OP(C)(=O)OCC. The van der Waals surface area contributed by atoms with Crippen LogP contribution >= 0.6 is 7.60 Å². The Kier molecular flexibility index (Phi) is 8.60. The van der Waals surface area contributed by atoms with Crippen molar-refractivity contribution in [3.8, 4) is 11.5 Å². The molecule has 0 saturated heterocycles. The maximum atomic E-state index is 12.8. The van der Waals surface area contributed by atoms with Crippen LogP contribution in [0.1, 0.15) is 76.8 Å². The fourth-order valence-electron chi connectivity index (χ4n) is 4.15. The average molecular weight is 421 g/mol. The topological polar surface area (TPSA) is 55.8 Å². The van der Waals surface area contributed by atoms with E-state index in [0.717, 1.165) is 49.7 Å². The Labute approximate surface area is 176 Å². The van der Waals surface area contributed by atoms with Crippen molar-refractivity contribution in [2.45, 2.75) is 72.1 Å². The third kappa shape index (κ3) is 6.49. The van der Waals surface area contributed by atoms with Crippen molar-refractivity contribution in [1.82, 2.24) is 0 Å². The molecular weight excluding hydrogens is 383 g/mol. The van der Waals surface area contributed by atoms with Gasteiger partial charge in [0.2, 0.25) is 0 Å². The zero-order valence-electron chi connectivity index (χ0n) is 18.7. The molecule has 0 aliphatic heterocycles. The number of phenols is 1. The second kappa shape index (κ2) is 10.5. The van der Waals surface area contributed by atoms with Crippen LogP contribution in [0.4, 0.5) is 0 Å². The van der Waals surface area contributed by atoms with Gasteiger partial charge < -0.3 is 14.2 Å². The van der Waals surface area contributed by atoms with Crippen LogP contribution in [0, 0.1) is 5.92 Å². The van der Waals surface area contributed by atoms with Crippen LogP contribution in [0.5, 0.6) is 11.5 Å². The van der Waals surface area contributed by atoms with Crippen molar-refractivity contribution in [3.05, 3.63) is 47.1 Å². The van der Waals surface area contributed by atoms with E-state index in [-0.39, 0.29) is 17.6 Å². The molecule has 1 aromatic rings. The first-order chi connectivity index (χ1) is 13.7. The number of phenolic OH excluding ortho intramolecular Hbond substituents is 1. The Balaban J connectivity index is 2.54. The molecule has 1 N–H and O–H groups in total. The molecule has 0 radical (unpaired) electrons. The van der Waals surface area contributed by atoms with Crippen LogP contribution in [0.25, 0.3) is 0 Å². The van der Waals surface area contributed by atoms with Gasteiger partial charge in [-0.15, -0.1) is 0 Å². The Morgan fingerprint density at radius 3 is 2.66 bits per heavy atom. The Morgan fingerprint density at radius 2 is 2.03 bits per heavy atom. The fraction of sp³-hybridized carbons (Fsp3) is 0.583. The van der Waals surface area contributed by atoms with Gasteiger partial charge in [0.05, 0.1) is 6.61 Å². The van der Waals surface area contributed by atoms with Gasteiger partial charge in [-0.05, 0) is 70.1 Å². The molecule has 3 atom stereocenters. The summed E-state index contributed by atoms with van der Waals surface area (Å²) in [5.74, 6) is 0.828. The van der Waals surface area contributed by atoms with Crippen molar-refractivity contribution < 1.29 is 18.7 Å². The minimum atomic E-state index is -3.28. The van der Waals surface area contributed by atoms with Crippen LogP contribution in [0.3, 0.4) is 0 Å². The van der Waals surface area contributed by atoms with Crippen LogP contribution in [-0.2, 0) is 15.5 Å². The molecule has 5 heteroatoms. The van der Waals surface area contributed by atoms with E-state index in [1.54, 1.807) is 6.92 Å². The van der Waals surface area contributed by atoms with Crippen molar-refractivity contribution in [3.63, 3.8) is 0 Å². The van der Waals surface area contributed by atoms with Crippen LogP contribution in [0.2, 0.25) is 0 Å². The maximum absolute atomic E-state index is 12.8. The molecule has 162 valence electrons. The molecule has 0 bridgehead atoms. The van der Waals surface area contributed by atoms with Crippen molar-refractivity contribution in [2.24, 2.45) is 5.92 Å². The van der Waals surface area contributed by atoms with Gasteiger partial charge in [0, 0.05) is 18.1 Å². The molecule has 0 spiro atoms. The molecule has 2 rings (SSSR count). The summed E-state index contributed by atoms with van der Waals surface area (Å²) >= 11 is 0. The van der Waals surface area contributed by atoms with Gasteiger partial charge in [-0.25, -0.2) is 4.57 Å². The number of unbranched alkanes of at least 4 members (excludes halogenated alkanes) is 2. The highest BCUT2D eigenvalue weighted by atomic mass is 31.2. The zero-order chi connectivity index (χ0) is 21.6. The number of aryl methyl sites for hydroxylation is 1. The first-order valence-corrected chi connectivity index (χ1v) is 12.8. The van der Waals surface area contributed by atoms with Gasteiger partial charge in [-0.2, -0.15) is 0 Å². The summed E-state index contributed by atoms with van der Waals surface area (Å²) in [4.78, 5) is 0. The first kappa shape index (κ1) is 23.8. The largest absolute Gasteiger partial charge is 0.507 e. The summed E-state index contributed by atoms with van der Waals surface area (Å²) in [6, 6.07) is 3.78. The van der Waals surface area contributed by atoms with Gasteiger partial charge in [-0.1, -0.05) is 43.6 Å². The van der Waals surface area contributed by atoms with Crippen molar-refractivity contribution in [1.29, 1.82) is 0 Å². The molecule has 0 heterocycles. The van der Waals surface area contributed by atoms with Crippen molar-refractivity contribution in [2.75, 3.05) is 13.3 Å². The molecule has 0 amide bonds. The minimum absolute atomic E-state index is 0.0532. The third-order valence-corrected chi connectivity index (χ3v) is 6.85. The summed E-state index contributed by atoms with van der Waals surface area (Å²) in [6.07, 6.45) is 8.36. The molecular formula is C24H37O4P. The lowest BCUT2D eigenvalue weighted by molar-refractivity contribution is 0.282. The zero-order valence-corrected chi connectivity index (χ0v) is 19.6. The van der Waals surface area contributed by atoms with Gasteiger partial charge in [0.15, 0.2) is 0 Å². The summed E-state index contributed by atoms with van der Waals surface area (Å²) in [7, 11) is -3.28.